The third-order valence-electron chi connectivity index (χ3n) is 1.09. The summed E-state index contributed by atoms with van der Waals surface area (Å²) < 4.78 is 9.63. The first-order valence-corrected chi connectivity index (χ1v) is 3.76. The van der Waals surface area contributed by atoms with E-state index in [1.165, 1.54) is 0 Å². The molecular formula is C6H9ClN2O2. The lowest BCUT2D eigenvalue weighted by molar-refractivity contribution is 0.174. The fraction of sp³-hybridized carbons (Fsp3) is 0.667. The van der Waals surface area contributed by atoms with Crippen molar-refractivity contribution in [1.82, 2.24) is 10.1 Å². The van der Waals surface area contributed by atoms with Crippen molar-refractivity contribution in [3.63, 3.8) is 0 Å². The Bertz CT molecular complexity index is 194. The molecule has 0 bridgehead atoms. The molecule has 0 amide bonds. The van der Waals surface area contributed by atoms with Gasteiger partial charge in [-0.15, -0.1) is 11.6 Å². The molecule has 11 heavy (non-hydrogen) atoms. The van der Waals surface area contributed by atoms with Gasteiger partial charge in [0.2, 0.25) is 5.89 Å². The van der Waals surface area contributed by atoms with Gasteiger partial charge in [-0.05, 0) is 0 Å². The summed E-state index contributed by atoms with van der Waals surface area (Å²) in [4.78, 5) is 4.00. The maximum atomic E-state index is 5.46. The van der Waals surface area contributed by atoms with Crippen molar-refractivity contribution in [1.29, 1.82) is 0 Å². The third-order valence-corrected chi connectivity index (χ3v) is 1.28. The highest BCUT2D eigenvalue weighted by Crippen LogP contribution is 1.99. The standard InChI is InChI=1S/C6H9ClN2O2/c1-10-4-5-8-6(2-3-7)11-9-5/h2-4H2,1H3. The number of rotatable bonds is 4. The molecule has 0 aromatic carbocycles. The van der Waals surface area contributed by atoms with Crippen LogP contribution in [0.15, 0.2) is 4.52 Å². The number of hydrogen-bond donors (Lipinski definition) is 0. The van der Waals surface area contributed by atoms with Crippen LogP contribution in [0.4, 0.5) is 0 Å². The summed E-state index contributed by atoms with van der Waals surface area (Å²) in [7, 11) is 1.58. The molecule has 0 fully saturated rings. The van der Waals surface area contributed by atoms with E-state index in [4.69, 9.17) is 20.9 Å². The van der Waals surface area contributed by atoms with Crippen molar-refractivity contribution in [2.45, 2.75) is 13.0 Å². The van der Waals surface area contributed by atoms with E-state index in [0.29, 0.717) is 30.6 Å². The van der Waals surface area contributed by atoms with Crippen LogP contribution in [-0.4, -0.2) is 23.1 Å². The zero-order valence-electron chi connectivity index (χ0n) is 6.21. The quantitative estimate of drug-likeness (QED) is 0.643. The largest absolute Gasteiger partial charge is 0.377 e. The lowest BCUT2D eigenvalue weighted by Crippen LogP contribution is -1.91. The SMILES string of the molecule is COCc1noc(CCCl)n1. The number of nitrogens with zero attached hydrogens (tertiary/aromatic N) is 2. The molecule has 0 N–H and O–H groups in total. The minimum absolute atomic E-state index is 0.381. The minimum Gasteiger partial charge on any atom is -0.377 e. The Morgan fingerprint density at radius 1 is 1.64 bits per heavy atom. The van der Waals surface area contributed by atoms with Gasteiger partial charge in [-0.1, -0.05) is 5.16 Å². The van der Waals surface area contributed by atoms with E-state index < -0.39 is 0 Å². The zero-order valence-corrected chi connectivity index (χ0v) is 6.97. The van der Waals surface area contributed by atoms with Crippen molar-refractivity contribution >= 4 is 11.6 Å². The Hall–Kier alpha value is -0.610. The molecule has 0 atom stereocenters. The molecule has 1 rings (SSSR count). The number of halogens is 1. The lowest BCUT2D eigenvalue weighted by atomic mass is 10.5. The van der Waals surface area contributed by atoms with Crippen molar-refractivity contribution in [2.24, 2.45) is 0 Å². The molecule has 4 nitrogen and oxygen atoms in total. The van der Waals surface area contributed by atoms with Gasteiger partial charge in [-0.3, -0.25) is 0 Å². The number of methoxy groups -OCH3 is 1. The van der Waals surface area contributed by atoms with Gasteiger partial charge >= 0.3 is 0 Å². The van der Waals surface area contributed by atoms with Gasteiger partial charge < -0.3 is 9.26 Å². The van der Waals surface area contributed by atoms with Gasteiger partial charge in [0.15, 0.2) is 5.82 Å². The van der Waals surface area contributed by atoms with Gasteiger partial charge in [0, 0.05) is 19.4 Å². The molecule has 0 unspecified atom stereocenters. The molecule has 5 heteroatoms. The molecule has 0 saturated heterocycles. The maximum Gasteiger partial charge on any atom is 0.227 e. The Morgan fingerprint density at radius 2 is 2.45 bits per heavy atom. The highest BCUT2D eigenvalue weighted by atomic mass is 35.5. The van der Waals surface area contributed by atoms with Crippen molar-refractivity contribution in [2.75, 3.05) is 13.0 Å². The zero-order chi connectivity index (χ0) is 8.10. The summed E-state index contributed by atoms with van der Waals surface area (Å²) >= 11 is 5.46. The summed E-state index contributed by atoms with van der Waals surface area (Å²) in [5, 5.41) is 3.65. The monoisotopic (exact) mass is 176 g/mol. The van der Waals surface area contributed by atoms with E-state index in [-0.39, 0.29) is 0 Å². The molecule has 0 saturated carbocycles. The number of alkyl halides is 1. The molecule has 1 heterocycles. The average Bonchev–Trinajstić information content (AvgIpc) is 2.38. The third kappa shape index (κ3) is 2.48. The molecule has 0 aliphatic heterocycles. The maximum absolute atomic E-state index is 5.46. The molecule has 0 spiro atoms. The molecule has 0 radical (unpaired) electrons. The lowest BCUT2D eigenvalue weighted by Gasteiger charge is -1.86. The van der Waals surface area contributed by atoms with Crippen LogP contribution in [0.3, 0.4) is 0 Å². The number of aromatic nitrogens is 2. The van der Waals surface area contributed by atoms with E-state index >= 15 is 0 Å². The Labute approximate surface area is 69.5 Å². The van der Waals surface area contributed by atoms with Gasteiger partial charge in [-0.25, -0.2) is 0 Å². The topological polar surface area (TPSA) is 48.2 Å². The summed E-state index contributed by atoms with van der Waals surface area (Å²) in [5.74, 6) is 1.62. The fourth-order valence-electron chi connectivity index (χ4n) is 0.660. The molecule has 62 valence electrons. The first kappa shape index (κ1) is 8.49. The van der Waals surface area contributed by atoms with Crippen LogP contribution >= 0.6 is 11.6 Å². The van der Waals surface area contributed by atoms with Crippen molar-refractivity contribution in [3.05, 3.63) is 11.7 Å². The van der Waals surface area contributed by atoms with Crippen LogP contribution in [0.5, 0.6) is 0 Å². The molecule has 0 aliphatic rings. The highest BCUT2D eigenvalue weighted by Gasteiger charge is 2.03. The average molecular weight is 177 g/mol. The number of hydrogen-bond acceptors (Lipinski definition) is 4. The fourth-order valence-corrected chi connectivity index (χ4v) is 0.822. The predicted octanol–water partition coefficient (Wildman–Crippen LogP) is 0.997. The molecule has 0 aliphatic carbocycles. The summed E-state index contributed by atoms with van der Waals surface area (Å²) in [5.41, 5.74) is 0. The van der Waals surface area contributed by atoms with Crippen molar-refractivity contribution in [3.8, 4) is 0 Å². The highest BCUT2D eigenvalue weighted by molar-refractivity contribution is 6.17. The minimum atomic E-state index is 0.381. The van der Waals surface area contributed by atoms with Crippen LogP contribution in [0.2, 0.25) is 0 Å². The number of aryl methyl sites for hydroxylation is 1. The second kappa shape index (κ2) is 4.31. The van der Waals surface area contributed by atoms with Gasteiger partial charge in [0.25, 0.3) is 0 Å². The summed E-state index contributed by atoms with van der Waals surface area (Å²) in [6, 6.07) is 0. The molecular weight excluding hydrogens is 168 g/mol. The van der Waals surface area contributed by atoms with Crippen LogP contribution in [0.1, 0.15) is 11.7 Å². The van der Waals surface area contributed by atoms with Crippen LogP contribution in [-0.2, 0) is 17.8 Å². The van der Waals surface area contributed by atoms with E-state index in [9.17, 15) is 0 Å². The second-order valence-electron chi connectivity index (χ2n) is 1.98. The Morgan fingerprint density at radius 3 is 3.09 bits per heavy atom. The van der Waals surface area contributed by atoms with E-state index in [2.05, 4.69) is 10.1 Å². The Kier molecular flexibility index (Phi) is 3.32. The van der Waals surface area contributed by atoms with Crippen LogP contribution in [0.25, 0.3) is 0 Å². The molecule has 1 aromatic rings. The van der Waals surface area contributed by atoms with E-state index in [1.807, 2.05) is 0 Å². The van der Waals surface area contributed by atoms with Gasteiger partial charge in [0.1, 0.15) is 6.61 Å². The number of ether oxygens (including phenoxy) is 1. The van der Waals surface area contributed by atoms with Crippen LogP contribution in [0, 0.1) is 0 Å². The van der Waals surface area contributed by atoms with Gasteiger partial charge in [0.05, 0.1) is 0 Å². The normalized spacial score (nSPS) is 10.4. The first-order valence-electron chi connectivity index (χ1n) is 3.23. The van der Waals surface area contributed by atoms with E-state index in [0.717, 1.165) is 0 Å². The van der Waals surface area contributed by atoms with Gasteiger partial charge in [-0.2, -0.15) is 4.98 Å². The summed E-state index contributed by atoms with van der Waals surface area (Å²) in [6.07, 6.45) is 0.609. The predicted molar refractivity (Wildman–Crippen MR) is 39.4 cm³/mol. The first-order chi connectivity index (χ1) is 5.36. The second-order valence-corrected chi connectivity index (χ2v) is 2.35. The van der Waals surface area contributed by atoms with Crippen LogP contribution < -0.4 is 0 Å². The van der Waals surface area contributed by atoms with Crippen molar-refractivity contribution < 1.29 is 9.26 Å². The summed E-state index contributed by atoms with van der Waals surface area (Å²) in [6.45, 7) is 0.381. The smallest absolute Gasteiger partial charge is 0.227 e. The van der Waals surface area contributed by atoms with E-state index in [1.54, 1.807) is 7.11 Å². The molecule has 1 aromatic heterocycles. The Balaban J connectivity index is 2.51.